The number of anilines is 3. The lowest BCUT2D eigenvalue weighted by atomic mass is 9.67. The van der Waals surface area contributed by atoms with E-state index in [4.69, 9.17) is 4.42 Å². The van der Waals surface area contributed by atoms with Crippen LogP contribution in [0.25, 0.3) is 76.5 Å². The first-order chi connectivity index (χ1) is 31.3. The van der Waals surface area contributed by atoms with Gasteiger partial charge in [0.05, 0.1) is 5.41 Å². The molecule has 0 unspecified atom stereocenters. The van der Waals surface area contributed by atoms with Crippen LogP contribution in [0.4, 0.5) is 17.1 Å². The van der Waals surface area contributed by atoms with E-state index >= 15 is 0 Å². The highest BCUT2D eigenvalue weighted by atomic mass is 16.3. The molecule has 0 bridgehead atoms. The largest absolute Gasteiger partial charge is 0.456 e. The summed E-state index contributed by atoms with van der Waals surface area (Å²) in [6, 6.07) is 86.5. The third-order valence-corrected chi connectivity index (χ3v) is 13.5. The average Bonchev–Trinajstić information content (AvgIpc) is 3.89. The molecular weight excluding hydrogens is 763 g/mol. The monoisotopic (exact) mass is 801 g/mol. The summed E-state index contributed by atoms with van der Waals surface area (Å²) in [7, 11) is 0. The highest BCUT2D eigenvalue weighted by Crippen LogP contribution is 2.57. The SMILES string of the molecule is c1ccc(N(c2ccc(-c3ccc4c5ccccc5c5c(ccc6oc7ccccc7c65)c4c3)cc2)c2ccc3c(c2)C(c2ccccc2)(c2ccccc2)c2ccccc2-3)cc1. The molecule has 1 aromatic heterocycles. The van der Waals surface area contributed by atoms with Crippen LogP contribution in [0, 0.1) is 0 Å². The number of hydrogen-bond donors (Lipinski definition) is 0. The zero-order chi connectivity index (χ0) is 41.5. The smallest absolute Gasteiger partial charge is 0.136 e. The van der Waals surface area contributed by atoms with Crippen LogP contribution in [0.15, 0.2) is 241 Å². The molecule has 13 rings (SSSR count). The van der Waals surface area contributed by atoms with Crippen molar-refractivity contribution in [2.45, 2.75) is 5.41 Å². The molecule has 2 nitrogen and oxygen atoms in total. The summed E-state index contributed by atoms with van der Waals surface area (Å²) in [5.41, 5.74) is 14.7. The number of benzene rings is 11. The Balaban J connectivity index is 0.971. The van der Waals surface area contributed by atoms with Crippen molar-refractivity contribution in [1.29, 1.82) is 0 Å². The quantitative estimate of drug-likeness (QED) is 0.156. The topological polar surface area (TPSA) is 16.4 Å². The number of nitrogens with zero attached hydrogens (tertiary/aromatic N) is 1. The Morgan fingerprint density at radius 1 is 0.302 bits per heavy atom. The van der Waals surface area contributed by atoms with E-state index in [1.165, 1.54) is 82.2 Å². The van der Waals surface area contributed by atoms with Crippen LogP contribution in [-0.2, 0) is 5.41 Å². The van der Waals surface area contributed by atoms with Crippen LogP contribution in [0.2, 0.25) is 0 Å². The summed E-state index contributed by atoms with van der Waals surface area (Å²) in [4.78, 5) is 2.40. The van der Waals surface area contributed by atoms with Crippen LogP contribution in [-0.4, -0.2) is 0 Å². The zero-order valence-corrected chi connectivity index (χ0v) is 34.4. The fraction of sp³-hybridized carbons (Fsp3) is 0.0164. The first kappa shape index (κ1) is 35.5. The van der Waals surface area contributed by atoms with Crippen LogP contribution in [0.1, 0.15) is 22.3 Å². The van der Waals surface area contributed by atoms with Gasteiger partial charge in [0.1, 0.15) is 11.2 Å². The van der Waals surface area contributed by atoms with E-state index in [0.717, 1.165) is 33.6 Å². The maximum atomic E-state index is 6.39. The number of furan rings is 1. The van der Waals surface area contributed by atoms with E-state index in [2.05, 4.69) is 235 Å². The second-order valence-corrected chi connectivity index (χ2v) is 16.7. The van der Waals surface area contributed by atoms with Gasteiger partial charge in [-0.05, 0) is 132 Å². The molecule has 0 saturated heterocycles. The third kappa shape index (κ3) is 5.25. The Hall–Kier alpha value is -8.20. The molecule has 1 heterocycles. The predicted molar refractivity (Wildman–Crippen MR) is 264 cm³/mol. The summed E-state index contributed by atoms with van der Waals surface area (Å²) in [6.45, 7) is 0. The predicted octanol–water partition coefficient (Wildman–Crippen LogP) is 16.5. The fourth-order valence-electron chi connectivity index (χ4n) is 10.8. The number of hydrogen-bond acceptors (Lipinski definition) is 2. The molecule has 294 valence electrons. The van der Waals surface area contributed by atoms with Gasteiger partial charge in [-0.25, -0.2) is 0 Å². The molecule has 0 aliphatic heterocycles. The van der Waals surface area contributed by atoms with Crippen molar-refractivity contribution >= 4 is 71.3 Å². The Labute approximate surface area is 365 Å². The highest BCUT2D eigenvalue weighted by Gasteiger charge is 2.46. The molecule has 0 amide bonds. The highest BCUT2D eigenvalue weighted by molar-refractivity contribution is 6.34. The van der Waals surface area contributed by atoms with Gasteiger partial charge >= 0.3 is 0 Å². The summed E-state index contributed by atoms with van der Waals surface area (Å²) in [5.74, 6) is 0. The molecular formula is C61H39NO. The molecule has 0 N–H and O–H groups in total. The van der Waals surface area contributed by atoms with Gasteiger partial charge in [0.25, 0.3) is 0 Å². The second kappa shape index (κ2) is 13.9. The minimum atomic E-state index is -0.487. The second-order valence-electron chi connectivity index (χ2n) is 16.7. The van der Waals surface area contributed by atoms with E-state index in [9.17, 15) is 0 Å². The summed E-state index contributed by atoms with van der Waals surface area (Å²) in [5, 5.41) is 9.79. The van der Waals surface area contributed by atoms with Crippen molar-refractivity contribution in [2.75, 3.05) is 4.90 Å². The van der Waals surface area contributed by atoms with Crippen molar-refractivity contribution < 1.29 is 4.42 Å². The average molecular weight is 802 g/mol. The standard InChI is InChI=1S/C61H39NO/c1-4-16-42(17-5-1)61(43-18-6-2-7-19-43)55-26-14-12-23-49(55)50-35-33-46(39-56(50)61)62(44-20-8-3-9-21-44)45-31-28-40(29-32-45)41-30-34-48-47-22-10-11-24-51(47)59-52(54(48)38-41)36-37-58-60(59)53-25-13-15-27-57(53)63-58/h1-39H. The maximum Gasteiger partial charge on any atom is 0.136 e. The van der Waals surface area contributed by atoms with Crippen LogP contribution in [0.5, 0.6) is 0 Å². The molecule has 0 saturated carbocycles. The van der Waals surface area contributed by atoms with Gasteiger partial charge in [0.15, 0.2) is 0 Å². The lowest BCUT2D eigenvalue weighted by molar-refractivity contribution is 0.669. The van der Waals surface area contributed by atoms with Crippen LogP contribution in [0.3, 0.4) is 0 Å². The van der Waals surface area contributed by atoms with Crippen molar-refractivity contribution in [3.05, 3.63) is 259 Å². The molecule has 0 radical (unpaired) electrons. The zero-order valence-electron chi connectivity index (χ0n) is 34.4. The summed E-state index contributed by atoms with van der Waals surface area (Å²) >= 11 is 0. The molecule has 2 heteroatoms. The number of para-hydroxylation sites is 2. The van der Waals surface area contributed by atoms with Gasteiger partial charge in [0.2, 0.25) is 0 Å². The Morgan fingerprint density at radius 2 is 0.841 bits per heavy atom. The van der Waals surface area contributed by atoms with Gasteiger partial charge in [-0.15, -0.1) is 0 Å². The third-order valence-electron chi connectivity index (χ3n) is 13.5. The van der Waals surface area contributed by atoms with E-state index in [1.54, 1.807) is 0 Å². The van der Waals surface area contributed by atoms with Gasteiger partial charge in [-0.3, -0.25) is 0 Å². The molecule has 0 spiro atoms. The van der Waals surface area contributed by atoms with Gasteiger partial charge in [-0.1, -0.05) is 176 Å². The lowest BCUT2D eigenvalue weighted by Crippen LogP contribution is -2.28. The first-order valence-corrected chi connectivity index (χ1v) is 21.8. The summed E-state index contributed by atoms with van der Waals surface area (Å²) in [6.07, 6.45) is 0. The minimum absolute atomic E-state index is 0.487. The molecule has 0 atom stereocenters. The molecule has 12 aromatic rings. The summed E-state index contributed by atoms with van der Waals surface area (Å²) < 4.78 is 6.39. The number of rotatable bonds is 6. The van der Waals surface area contributed by atoms with Crippen LogP contribution >= 0.6 is 0 Å². The molecule has 1 aliphatic carbocycles. The first-order valence-electron chi connectivity index (χ1n) is 21.8. The normalized spacial score (nSPS) is 12.9. The van der Waals surface area contributed by atoms with Crippen molar-refractivity contribution in [3.8, 4) is 22.3 Å². The molecule has 63 heavy (non-hydrogen) atoms. The van der Waals surface area contributed by atoms with Crippen molar-refractivity contribution in [2.24, 2.45) is 0 Å². The van der Waals surface area contributed by atoms with E-state index < -0.39 is 5.41 Å². The van der Waals surface area contributed by atoms with E-state index in [0.29, 0.717) is 0 Å². The minimum Gasteiger partial charge on any atom is -0.456 e. The molecule has 1 aliphatic rings. The van der Waals surface area contributed by atoms with Gasteiger partial charge < -0.3 is 9.32 Å². The van der Waals surface area contributed by atoms with Crippen molar-refractivity contribution in [1.82, 2.24) is 0 Å². The molecule has 11 aromatic carbocycles. The number of fused-ring (bicyclic) bond motifs is 13. The maximum absolute atomic E-state index is 6.39. The van der Waals surface area contributed by atoms with Crippen molar-refractivity contribution in [3.63, 3.8) is 0 Å². The van der Waals surface area contributed by atoms with E-state index in [1.807, 2.05) is 6.07 Å². The lowest BCUT2D eigenvalue weighted by Gasteiger charge is -2.35. The Bertz CT molecular complexity index is 3680. The fourth-order valence-corrected chi connectivity index (χ4v) is 10.8. The Kier molecular flexibility index (Phi) is 7.85. The van der Waals surface area contributed by atoms with E-state index in [-0.39, 0.29) is 0 Å². The Morgan fingerprint density at radius 3 is 1.60 bits per heavy atom. The van der Waals surface area contributed by atoms with Gasteiger partial charge in [-0.2, -0.15) is 0 Å². The van der Waals surface area contributed by atoms with Gasteiger partial charge in [0, 0.05) is 33.2 Å². The van der Waals surface area contributed by atoms with Crippen LogP contribution < -0.4 is 4.90 Å². The molecule has 0 fully saturated rings.